The van der Waals surface area contributed by atoms with Crippen LogP contribution in [0.4, 0.5) is 5.69 Å². The van der Waals surface area contributed by atoms with Crippen LogP contribution in [-0.4, -0.2) is 55.1 Å². The van der Waals surface area contributed by atoms with Crippen LogP contribution in [0.3, 0.4) is 0 Å². The summed E-state index contributed by atoms with van der Waals surface area (Å²) in [5.41, 5.74) is 2.05. The van der Waals surface area contributed by atoms with E-state index < -0.39 is 0 Å². The molecule has 3 rings (SSSR count). The minimum Gasteiger partial charge on any atom is -0.490 e. The van der Waals surface area contributed by atoms with Gasteiger partial charge in [-0.3, -0.25) is 9.69 Å². The van der Waals surface area contributed by atoms with E-state index in [-0.39, 0.29) is 11.5 Å². The van der Waals surface area contributed by atoms with Crippen molar-refractivity contribution < 1.29 is 14.3 Å². The van der Waals surface area contributed by atoms with Crippen LogP contribution in [0.2, 0.25) is 0 Å². The van der Waals surface area contributed by atoms with Gasteiger partial charge in [0.15, 0.2) is 11.5 Å². The maximum Gasteiger partial charge on any atom is 0.266 e. The molecule has 1 heterocycles. The van der Waals surface area contributed by atoms with E-state index in [2.05, 4.69) is 22.3 Å². The molecule has 0 atom stereocenters. The first-order valence-corrected chi connectivity index (χ1v) is 11.0. The third-order valence-electron chi connectivity index (χ3n) is 5.19. The van der Waals surface area contributed by atoms with Gasteiger partial charge in [0.25, 0.3) is 5.91 Å². The fourth-order valence-electron chi connectivity index (χ4n) is 3.56. The Bertz CT molecular complexity index is 961. The molecule has 1 fully saturated rings. The standard InChI is InChI=1S/C25H30N4O3/c1-3-31-23-11-10-22(16-24(23)32-4-2)27-18-21(17-26)25(30)29-14-12-28(13-15-29)19-20-8-6-5-7-9-20/h5-11,16,18,27H,3-4,12-15,19H2,1-2H3/b21-18-. The fourth-order valence-corrected chi connectivity index (χ4v) is 3.56. The largest absolute Gasteiger partial charge is 0.490 e. The van der Waals surface area contributed by atoms with Crippen molar-refractivity contribution in [3.8, 4) is 17.6 Å². The molecule has 0 unspecified atom stereocenters. The molecule has 2 aromatic carbocycles. The third kappa shape index (κ3) is 6.25. The number of carbonyl (C=O) groups excluding carboxylic acids is 1. The molecule has 1 aliphatic heterocycles. The lowest BCUT2D eigenvalue weighted by Crippen LogP contribution is -2.48. The first-order chi connectivity index (χ1) is 15.6. The fraction of sp³-hybridized carbons (Fsp3) is 0.360. The number of anilines is 1. The van der Waals surface area contributed by atoms with E-state index in [1.165, 1.54) is 11.8 Å². The summed E-state index contributed by atoms with van der Waals surface area (Å²) in [4.78, 5) is 16.9. The third-order valence-corrected chi connectivity index (χ3v) is 5.19. The van der Waals surface area contributed by atoms with Crippen molar-refractivity contribution in [3.05, 3.63) is 65.9 Å². The Hall–Kier alpha value is -3.50. The molecule has 0 aliphatic carbocycles. The van der Waals surface area contributed by atoms with E-state index in [4.69, 9.17) is 9.47 Å². The number of nitrogens with one attached hydrogen (secondary N) is 1. The highest BCUT2D eigenvalue weighted by atomic mass is 16.5. The lowest BCUT2D eigenvalue weighted by molar-refractivity contribution is -0.128. The van der Waals surface area contributed by atoms with Gasteiger partial charge in [-0.25, -0.2) is 0 Å². The van der Waals surface area contributed by atoms with Crippen molar-refractivity contribution in [2.45, 2.75) is 20.4 Å². The smallest absolute Gasteiger partial charge is 0.266 e. The van der Waals surface area contributed by atoms with E-state index in [9.17, 15) is 10.1 Å². The molecule has 1 N–H and O–H groups in total. The van der Waals surface area contributed by atoms with E-state index in [1.807, 2.05) is 50.2 Å². The molecule has 32 heavy (non-hydrogen) atoms. The zero-order valence-electron chi connectivity index (χ0n) is 18.7. The molecule has 7 nitrogen and oxygen atoms in total. The molecule has 0 aromatic heterocycles. The summed E-state index contributed by atoms with van der Waals surface area (Å²) in [7, 11) is 0. The second-order valence-corrected chi connectivity index (χ2v) is 7.40. The summed E-state index contributed by atoms with van der Waals surface area (Å²) in [6, 6.07) is 17.8. The van der Waals surface area contributed by atoms with Crippen LogP contribution >= 0.6 is 0 Å². The number of ether oxygens (including phenoxy) is 2. The second kappa shape index (κ2) is 11.8. The number of carbonyl (C=O) groups is 1. The number of benzene rings is 2. The Morgan fingerprint density at radius 1 is 1.03 bits per heavy atom. The normalized spacial score (nSPS) is 14.5. The number of nitrogens with zero attached hydrogens (tertiary/aromatic N) is 3. The molecule has 168 valence electrons. The number of hydrogen-bond acceptors (Lipinski definition) is 6. The van der Waals surface area contributed by atoms with Crippen LogP contribution in [0, 0.1) is 11.3 Å². The summed E-state index contributed by atoms with van der Waals surface area (Å²) in [6.07, 6.45) is 1.46. The van der Waals surface area contributed by atoms with Crippen molar-refractivity contribution in [1.82, 2.24) is 9.80 Å². The molecule has 1 saturated heterocycles. The summed E-state index contributed by atoms with van der Waals surface area (Å²) >= 11 is 0. The molecule has 1 aliphatic rings. The van der Waals surface area contributed by atoms with Crippen molar-refractivity contribution >= 4 is 11.6 Å². The van der Waals surface area contributed by atoms with Gasteiger partial charge in [0, 0.05) is 50.7 Å². The molecule has 7 heteroatoms. The van der Waals surface area contributed by atoms with Gasteiger partial charge in [0.1, 0.15) is 11.6 Å². The Morgan fingerprint density at radius 2 is 1.72 bits per heavy atom. The first kappa shape index (κ1) is 23.2. The predicted molar refractivity (Wildman–Crippen MR) is 124 cm³/mol. The molecule has 1 amide bonds. The lowest BCUT2D eigenvalue weighted by atomic mass is 10.2. The van der Waals surface area contributed by atoms with E-state index in [1.54, 1.807) is 11.0 Å². The topological polar surface area (TPSA) is 77.8 Å². The van der Waals surface area contributed by atoms with Crippen molar-refractivity contribution in [1.29, 1.82) is 5.26 Å². The molecule has 0 spiro atoms. The Labute approximate surface area is 189 Å². The number of rotatable bonds is 9. The highest BCUT2D eigenvalue weighted by Gasteiger charge is 2.23. The van der Waals surface area contributed by atoms with Gasteiger partial charge in [-0.1, -0.05) is 30.3 Å². The van der Waals surface area contributed by atoms with Gasteiger partial charge >= 0.3 is 0 Å². The number of nitriles is 1. The van der Waals surface area contributed by atoms with Crippen molar-refractivity contribution in [2.24, 2.45) is 0 Å². The van der Waals surface area contributed by atoms with Crippen LogP contribution in [0.1, 0.15) is 19.4 Å². The Kier molecular flexibility index (Phi) is 8.52. The van der Waals surface area contributed by atoms with Crippen LogP contribution in [-0.2, 0) is 11.3 Å². The van der Waals surface area contributed by atoms with Gasteiger partial charge in [-0.15, -0.1) is 0 Å². The van der Waals surface area contributed by atoms with Crippen LogP contribution < -0.4 is 14.8 Å². The van der Waals surface area contributed by atoms with Gasteiger partial charge in [0.05, 0.1) is 13.2 Å². The number of piperazine rings is 1. The molecule has 2 aromatic rings. The molecule has 0 radical (unpaired) electrons. The van der Waals surface area contributed by atoms with E-state index in [0.29, 0.717) is 43.5 Å². The minimum absolute atomic E-state index is 0.0772. The van der Waals surface area contributed by atoms with Crippen LogP contribution in [0.5, 0.6) is 11.5 Å². The van der Waals surface area contributed by atoms with Crippen molar-refractivity contribution in [2.75, 3.05) is 44.7 Å². The van der Waals surface area contributed by atoms with Gasteiger partial charge in [0.2, 0.25) is 0 Å². The summed E-state index contributed by atoms with van der Waals surface area (Å²) in [5, 5.41) is 12.6. The summed E-state index contributed by atoms with van der Waals surface area (Å²) < 4.78 is 11.2. The van der Waals surface area contributed by atoms with Crippen molar-refractivity contribution in [3.63, 3.8) is 0 Å². The summed E-state index contributed by atoms with van der Waals surface area (Å²) in [6.45, 7) is 8.50. The predicted octanol–water partition coefficient (Wildman–Crippen LogP) is 3.65. The van der Waals surface area contributed by atoms with Crippen LogP contribution in [0.15, 0.2) is 60.3 Å². The maximum absolute atomic E-state index is 12.9. The minimum atomic E-state index is -0.254. The highest BCUT2D eigenvalue weighted by Crippen LogP contribution is 2.30. The lowest BCUT2D eigenvalue weighted by Gasteiger charge is -2.34. The van der Waals surface area contributed by atoms with Gasteiger partial charge in [-0.2, -0.15) is 5.26 Å². The quantitative estimate of drug-likeness (QED) is 0.480. The summed E-state index contributed by atoms with van der Waals surface area (Å²) in [5.74, 6) is 1.02. The number of hydrogen-bond donors (Lipinski definition) is 1. The second-order valence-electron chi connectivity index (χ2n) is 7.40. The average molecular weight is 435 g/mol. The maximum atomic E-state index is 12.9. The zero-order chi connectivity index (χ0) is 22.8. The average Bonchev–Trinajstić information content (AvgIpc) is 2.82. The Morgan fingerprint density at radius 3 is 2.38 bits per heavy atom. The van der Waals surface area contributed by atoms with E-state index in [0.717, 1.165) is 19.6 Å². The highest BCUT2D eigenvalue weighted by molar-refractivity contribution is 5.97. The SMILES string of the molecule is CCOc1ccc(N/C=C(/C#N)C(=O)N2CCN(Cc3ccccc3)CC2)cc1OCC. The zero-order valence-corrected chi connectivity index (χ0v) is 18.7. The Balaban J connectivity index is 1.59. The van der Waals surface area contributed by atoms with Gasteiger partial charge in [-0.05, 0) is 31.5 Å². The number of amides is 1. The first-order valence-electron chi connectivity index (χ1n) is 11.0. The molecule has 0 saturated carbocycles. The van der Waals surface area contributed by atoms with Crippen LogP contribution in [0.25, 0.3) is 0 Å². The molecular weight excluding hydrogens is 404 g/mol. The van der Waals surface area contributed by atoms with E-state index >= 15 is 0 Å². The molecular formula is C25H30N4O3. The van der Waals surface area contributed by atoms with Gasteiger partial charge < -0.3 is 19.7 Å². The molecule has 0 bridgehead atoms. The monoisotopic (exact) mass is 434 g/mol.